The van der Waals surface area contributed by atoms with Crippen molar-refractivity contribution in [1.29, 1.82) is 0 Å². The molecule has 1 atom stereocenters. The second-order valence-corrected chi connectivity index (χ2v) is 5.59. The minimum Gasteiger partial charge on any atom is -0.492 e. The average Bonchev–Trinajstić information content (AvgIpc) is 2.40. The van der Waals surface area contributed by atoms with Crippen LogP contribution in [0.25, 0.3) is 0 Å². The van der Waals surface area contributed by atoms with Crippen LogP contribution in [0, 0.1) is 0 Å². The van der Waals surface area contributed by atoms with Gasteiger partial charge in [0, 0.05) is 24.7 Å². The third kappa shape index (κ3) is 8.32. The first-order chi connectivity index (χ1) is 9.97. The number of anilines is 1. The van der Waals surface area contributed by atoms with Crippen molar-refractivity contribution in [3.63, 3.8) is 0 Å². The highest BCUT2D eigenvalue weighted by molar-refractivity contribution is 5.90. The van der Waals surface area contributed by atoms with Crippen molar-refractivity contribution in [1.82, 2.24) is 4.90 Å². The minimum atomic E-state index is 0.0249. The van der Waals surface area contributed by atoms with Crippen LogP contribution in [0.3, 0.4) is 0 Å². The van der Waals surface area contributed by atoms with Crippen LogP contribution >= 0.6 is 0 Å². The minimum absolute atomic E-state index is 0.0249. The highest BCUT2D eigenvalue weighted by Gasteiger charge is 2.04. The van der Waals surface area contributed by atoms with Gasteiger partial charge in [0.25, 0.3) is 0 Å². The summed E-state index contributed by atoms with van der Waals surface area (Å²) in [6.45, 7) is 3.47. The number of benzene rings is 1. The number of nitrogens with two attached hydrogens (primary N) is 1. The smallest absolute Gasteiger partial charge is 0.224 e. The van der Waals surface area contributed by atoms with Crippen LogP contribution in [0.1, 0.15) is 26.2 Å². The molecular weight excluding hydrogens is 266 g/mol. The number of hydrogen-bond donors (Lipinski definition) is 2. The Bertz CT molecular complexity index is 416. The molecule has 1 unspecified atom stereocenters. The molecule has 21 heavy (non-hydrogen) atoms. The zero-order valence-corrected chi connectivity index (χ0v) is 13.3. The summed E-state index contributed by atoms with van der Waals surface area (Å²) in [5.41, 5.74) is 6.45. The van der Waals surface area contributed by atoms with E-state index >= 15 is 0 Å². The summed E-state index contributed by atoms with van der Waals surface area (Å²) in [5, 5.41) is 2.87. The summed E-state index contributed by atoms with van der Waals surface area (Å²) in [6, 6.07) is 7.60. The Balaban J connectivity index is 2.31. The Kier molecular flexibility index (Phi) is 7.79. The predicted molar refractivity (Wildman–Crippen MR) is 86.6 cm³/mol. The topological polar surface area (TPSA) is 67.6 Å². The van der Waals surface area contributed by atoms with Crippen LogP contribution in [0.2, 0.25) is 0 Å². The quantitative estimate of drug-likeness (QED) is 0.731. The maximum Gasteiger partial charge on any atom is 0.224 e. The maximum atomic E-state index is 11.7. The molecule has 5 nitrogen and oxygen atoms in total. The standard InChI is InChI=1S/C16H27N3O2/c1-13(17)5-4-6-16(20)18-14-7-9-15(10-8-14)21-12-11-19(2)3/h7-10,13H,4-6,11-12,17H2,1-3H3,(H,18,20). The van der Waals surface area contributed by atoms with Crippen molar-refractivity contribution >= 4 is 11.6 Å². The van der Waals surface area contributed by atoms with E-state index in [4.69, 9.17) is 10.5 Å². The fourth-order valence-corrected chi connectivity index (χ4v) is 1.79. The van der Waals surface area contributed by atoms with Crippen LogP contribution in [-0.2, 0) is 4.79 Å². The molecule has 0 aliphatic carbocycles. The molecule has 0 aliphatic heterocycles. The Morgan fingerprint density at radius 2 is 2.00 bits per heavy atom. The van der Waals surface area contributed by atoms with Gasteiger partial charge in [-0.25, -0.2) is 0 Å². The van der Waals surface area contributed by atoms with Crippen molar-refractivity contribution in [2.24, 2.45) is 5.73 Å². The normalized spacial score (nSPS) is 12.2. The molecule has 0 radical (unpaired) electrons. The van der Waals surface area contributed by atoms with Crippen molar-refractivity contribution in [3.8, 4) is 5.75 Å². The molecule has 1 rings (SSSR count). The van der Waals surface area contributed by atoms with E-state index in [9.17, 15) is 4.79 Å². The Morgan fingerprint density at radius 1 is 1.33 bits per heavy atom. The average molecular weight is 293 g/mol. The van der Waals surface area contributed by atoms with Gasteiger partial charge in [0.1, 0.15) is 12.4 Å². The zero-order valence-electron chi connectivity index (χ0n) is 13.3. The van der Waals surface area contributed by atoms with Crippen molar-refractivity contribution in [2.45, 2.75) is 32.2 Å². The number of nitrogens with zero attached hydrogens (tertiary/aromatic N) is 1. The molecule has 0 saturated carbocycles. The lowest BCUT2D eigenvalue weighted by Gasteiger charge is -2.11. The van der Waals surface area contributed by atoms with Gasteiger partial charge in [0.05, 0.1) is 0 Å². The molecule has 1 aromatic rings. The second-order valence-electron chi connectivity index (χ2n) is 5.59. The van der Waals surface area contributed by atoms with Gasteiger partial charge >= 0.3 is 0 Å². The highest BCUT2D eigenvalue weighted by Crippen LogP contribution is 2.16. The van der Waals surface area contributed by atoms with E-state index in [1.54, 1.807) is 0 Å². The van der Waals surface area contributed by atoms with Crippen molar-refractivity contribution < 1.29 is 9.53 Å². The monoisotopic (exact) mass is 293 g/mol. The first kappa shape index (κ1) is 17.5. The molecule has 0 saturated heterocycles. The summed E-state index contributed by atoms with van der Waals surface area (Å²) >= 11 is 0. The van der Waals surface area contributed by atoms with Crippen molar-refractivity contribution in [2.75, 3.05) is 32.6 Å². The third-order valence-electron chi connectivity index (χ3n) is 3.01. The number of nitrogens with one attached hydrogen (secondary N) is 1. The fourth-order valence-electron chi connectivity index (χ4n) is 1.79. The highest BCUT2D eigenvalue weighted by atomic mass is 16.5. The number of hydrogen-bond acceptors (Lipinski definition) is 4. The van der Waals surface area contributed by atoms with E-state index in [2.05, 4.69) is 10.2 Å². The van der Waals surface area contributed by atoms with Gasteiger partial charge in [-0.1, -0.05) is 0 Å². The lowest BCUT2D eigenvalue weighted by Crippen LogP contribution is -2.19. The van der Waals surface area contributed by atoms with Gasteiger partial charge in [-0.05, 0) is 58.1 Å². The summed E-state index contributed by atoms with van der Waals surface area (Å²) in [6.07, 6.45) is 2.18. The van der Waals surface area contributed by atoms with Gasteiger partial charge in [-0.3, -0.25) is 4.79 Å². The van der Waals surface area contributed by atoms with Crippen LogP contribution < -0.4 is 15.8 Å². The summed E-state index contributed by atoms with van der Waals surface area (Å²) < 4.78 is 5.60. The molecule has 1 amide bonds. The molecule has 0 aromatic heterocycles. The van der Waals surface area contributed by atoms with Crippen LogP contribution in [0.15, 0.2) is 24.3 Å². The summed E-state index contributed by atoms with van der Waals surface area (Å²) in [7, 11) is 4.01. The Morgan fingerprint density at radius 3 is 2.57 bits per heavy atom. The number of rotatable bonds is 9. The van der Waals surface area contributed by atoms with Gasteiger partial charge in [0.2, 0.25) is 5.91 Å². The second kappa shape index (κ2) is 9.37. The molecule has 5 heteroatoms. The van der Waals surface area contributed by atoms with Gasteiger partial charge in [-0.2, -0.15) is 0 Å². The van der Waals surface area contributed by atoms with Crippen molar-refractivity contribution in [3.05, 3.63) is 24.3 Å². The van der Waals surface area contributed by atoms with Crippen LogP contribution in [0.5, 0.6) is 5.75 Å². The van der Waals surface area contributed by atoms with E-state index in [-0.39, 0.29) is 11.9 Å². The molecule has 0 fully saturated rings. The van der Waals surface area contributed by atoms with Crippen LogP contribution in [0.4, 0.5) is 5.69 Å². The number of likely N-dealkylation sites (N-methyl/N-ethyl adjacent to an activating group) is 1. The lowest BCUT2D eigenvalue weighted by molar-refractivity contribution is -0.116. The fraction of sp³-hybridized carbons (Fsp3) is 0.562. The molecule has 3 N–H and O–H groups in total. The van der Waals surface area contributed by atoms with E-state index in [1.165, 1.54) is 0 Å². The maximum absolute atomic E-state index is 11.7. The van der Waals surface area contributed by atoms with Gasteiger partial charge < -0.3 is 20.7 Å². The van der Waals surface area contributed by atoms with E-state index < -0.39 is 0 Å². The molecule has 118 valence electrons. The summed E-state index contributed by atoms with van der Waals surface area (Å²) in [5.74, 6) is 0.837. The largest absolute Gasteiger partial charge is 0.492 e. The predicted octanol–water partition coefficient (Wildman–Crippen LogP) is 2.08. The molecule has 0 spiro atoms. The Labute approximate surface area is 127 Å². The Hall–Kier alpha value is -1.59. The van der Waals surface area contributed by atoms with Crippen LogP contribution in [-0.4, -0.2) is 44.1 Å². The number of carbonyl (C=O) groups excluding carboxylic acids is 1. The first-order valence-corrected chi connectivity index (χ1v) is 7.40. The molecule has 1 aromatic carbocycles. The van der Waals surface area contributed by atoms with E-state index in [1.807, 2.05) is 45.3 Å². The number of ether oxygens (including phenoxy) is 1. The number of amides is 1. The molecular formula is C16H27N3O2. The van der Waals surface area contributed by atoms with E-state index in [0.29, 0.717) is 13.0 Å². The van der Waals surface area contributed by atoms with E-state index in [0.717, 1.165) is 30.8 Å². The summed E-state index contributed by atoms with van der Waals surface area (Å²) in [4.78, 5) is 13.8. The SMILES string of the molecule is CC(N)CCCC(=O)Nc1ccc(OCCN(C)C)cc1. The third-order valence-corrected chi connectivity index (χ3v) is 3.01. The number of carbonyl (C=O) groups is 1. The molecule has 0 aliphatic rings. The molecule has 0 bridgehead atoms. The lowest BCUT2D eigenvalue weighted by atomic mass is 10.1. The van der Waals surface area contributed by atoms with Gasteiger partial charge in [-0.15, -0.1) is 0 Å². The first-order valence-electron chi connectivity index (χ1n) is 7.40. The molecule has 0 heterocycles. The van der Waals surface area contributed by atoms with Gasteiger partial charge in [0.15, 0.2) is 0 Å². The zero-order chi connectivity index (χ0) is 15.7.